The molecule has 0 aliphatic heterocycles. The fourth-order valence-electron chi connectivity index (χ4n) is 1.32. The minimum Gasteiger partial charge on any atom is -0.373 e. The van der Waals surface area contributed by atoms with E-state index in [1.165, 1.54) is 6.07 Å². The molecular formula is C11H15ClN4O2. The second kappa shape index (κ2) is 6.80. The SMILES string of the molecule is CNc1cc(C(=O)NCCCC(N)=O)cc(Cl)n1. The summed E-state index contributed by atoms with van der Waals surface area (Å²) >= 11 is 5.78. The molecule has 1 rings (SSSR count). The van der Waals surface area contributed by atoms with Crippen LogP contribution in [0.25, 0.3) is 0 Å². The molecule has 98 valence electrons. The van der Waals surface area contributed by atoms with Crippen LogP contribution in [0.1, 0.15) is 23.2 Å². The summed E-state index contributed by atoms with van der Waals surface area (Å²) in [4.78, 5) is 26.3. The summed E-state index contributed by atoms with van der Waals surface area (Å²) in [6.45, 7) is 0.386. The molecule has 0 saturated heterocycles. The lowest BCUT2D eigenvalue weighted by atomic mass is 10.2. The summed E-state index contributed by atoms with van der Waals surface area (Å²) in [7, 11) is 1.69. The van der Waals surface area contributed by atoms with E-state index >= 15 is 0 Å². The van der Waals surface area contributed by atoms with Crippen molar-refractivity contribution >= 4 is 29.2 Å². The van der Waals surface area contributed by atoms with Crippen molar-refractivity contribution in [1.82, 2.24) is 10.3 Å². The first-order valence-electron chi connectivity index (χ1n) is 5.44. The second-order valence-corrected chi connectivity index (χ2v) is 4.03. The Morgan fingerprint density at radius 2 is 2.17 bits per heavy atom. The molecule has 0 radical (unpaired) electrons. The fraction of sp³-hybridized carbons (Fsp3) is 0.364. The topological polar surface area (TPSA) is 97.1 Å². The van der Waals surface area contributed by atoms with E-state index in [0.29, 0.717) is 24.3 Å². The number of rotatable bonds is 6. The zero-order valence-corrected chi connectivity index (χ0v) is 10.8. The van der Waals surface area contributed by atoms with E-state index in [9.17, 15) is 9.59 Å². The molecular weight excluding hydrogens is 256 g/mol. The molecule has 0 aliphatic carbocycles. The van der Waals surface area contributed by atoms with Crippen LogP contribution in [0.2, 0.25) is 5.15 Å². The number of halogens is 1. The maximum absolute atomic E-state index is 11.8. The Bertz CT molecular complexity index is 451. The summed E-state index contributed by atoms with van der Waals surface area (Å²) < 4.78 is 0. The number of carbonyl (C=O) groups is 2. The van der Waals surface area contributed by atoms with Crippen molar-refractivity contribution in [2.75, 3.05) is 18.9 Å². The largest absolute Gasteiger partial charge is 0.373 e. The standard InChI is InChI=1S/C11H15ClN4O2/c1-14-10-6-7(5-8(12)16-10)11(18)15-4-2-3-9(13)17/h5-6H,2-4H2,1H3,(H2,13,17)(H,14,16)(H,15,18). The molecule has 0 spiro atoms. The molecule has 4 N–H and O–H groups in total. The minimum absolute atomic E-state index is 0.240. The lowest BCUT2D eigenvalue weighted by Gasteiger charge is -2.06. The molecule has 0 aliphatic rings. The Morgan fingerprint density at radius 1 is 1.44 bits per heavy atom. The highest BCUT2D eigenvalue weighted by Gasteiger charge is 2.08. The average Bonchev–Trinajstić information content (AvgIpc) is 2.33. The Morgan fingerprint density at radius 3 is 2.78 bits per heavy atom. The van der Waals surface area contributed by atoms with Gasteiger partial charge in [-0.25, -0.2) is 4.98 Å². The van der Waals surface area contributed by atoms with Gasteiger partial charge in [-0.3, -0.25) is 9.59 Å². The van der Waals surface area contributed by atoms with Crippen molar-refractivity contribution in [2.45, 2.75) is 12.8 Å². The quantitative estimate of drug-likeness (QED) is 0.525. The highest BCUT2D eigenvalue weighted by Crippen LogP contribution is 2.13. The number of nitrogens with two attached hydrogens (primary N) is 1. The van der Waals surface area contributed by atoms with E-state index in [4.69, 9.17) is 17.3 Å². The molecule has 1 aromatic heterocycles. The van der Waals surface area contributed by atoms with Crippen LogP contribution in [0, 0.1) is 0 Å². The van der Waals surface area contributed by atoms with Crippen molar-refractivity contribution in [3.05, 3.63) is 22.8 Å². The van der Waals surface area contributed by atoms with E-state index in [1.807, 2.05) is 0 Å². The first-order valence-corrected chi connectivity index (χ1v) is 5.82. The minimum atomic E-state index is -0.381. The molecule has 0 atom stereocenters. The normalized spacial score (nSPS) is 9.89. The average molecular weight is 271 g/mol. The molecule has 18 heavy (non-hydrogen) atoms. The van der Waals surface area contributed by atoms with Gasteiger partial charge in [0.05, 0.1) is 0 Å². The number of primary amides is 1. The number of carbonyl (C=O) groups excluding carboxylic acids is 2. The number of amides is 2. The van der Waals surface area contributed by atoms with Crippen LogP contribution in [0.3, 0.4) is 0 Å². The van der Waals surface area contributed by atoms with E-state index in [-0.39, 0.29) is 23.4 Å². The number of hydrogen-bond acceptors (Lipinski definition) is 4. The van der Waals surface area contributed by atoms with Crippen molar-refractivity contribution in [3.8, 4) is 0 Å². The summed E-state index contributed by atoms with van der Waals surface area (Å²) in [5.74, 6) is -0.126. The smallest absolute Gasteiger partial charge is 0.251 e. The van der Waals surface area contributed by atoms with Crippen LogP contribution < -0.4 is 16.4 Å². The molecule has 0 aromatic carbocycles. The third-order valence-electron chi connectivity index (χ3n) is 2.20. The van der Waals surface area contributed by atoms with Crippen LogP contribution in [-0.2, 0) is 4.79 Å². The Hall–Kier alpha value is -1.82. The van der Waals surface area contributed by atoms with Gasteiger partial charge in [-0.1, -0.05) is 11.6 Å². The fourth-order valence-corrected chi connectivity index (χ4v) is 1.53. The number of hydrogen-bond donors (Lipinski definition) is 3. The highest BCUT2D eigenvalue weighted by molar-refractivity contribution is 6.29. The molecule has 0 unspecified atom stereocenters. The predicted octanol–water partition coefficient (Wildman–Crippen LogP) is 0.772. The molecule has 2 amide bonds. The third-order valence-corrected chi connectivity index (χ3v) is 2.39. The van der Waals surface area contributed by atoms with Crippen LogP contribution in [0.4, 0.5) is 5.82 Å². The third kappa shape index (κ3) is 4.58. The number of aromatic nitrogens is 1. The van der Waals surface area contributed by atoms with Gasteiger partial charge in [0.25, 0.3) is 5.91 Å². The van der Waals surface area contributed by atoms with E-state index in [0.717, 1.165) is 0 Å². The maximum atomic E-state index is 11.8. The van der Waals surface area contributed by atoms with Gasteiger partial charge in [0, 0.05) is 25.6 Å². The van der Waals surface area contributed by atoms with Crippen molar-refractivity contribution in [1.29, 1.82) is 0 Å². The Balaban J connectivity index is 2.55. The lowest BCUT2D eigenvalue weighted by molar-refractivity contribution is -0.118. The van der Waals surface area contributed by atoms with E-state index in [1.54, 1.807) is 13.1 Å². The first kappa shape index (κ1) is 14.2. The van der Waals surface area contributed by atoms with Gasteiger partial charge in [-0.15, -0.1) is 0 Å². The van der Waals surface area contributed by atoms with Gasteiger partial charge in [-0.2, -0.15) is 0 Å². The van der Waals surface area contributed by atoms with E-state index < -0.39 is 0 Å². The number of nitrogens with one attached hydrogen (secondary N) is 2. The van der Waals surface area contributed by atoms with Gasteiger partial charge in [-0.05, 0) is 18.6 Å². The molecule has 6 nitrogen and oxygen atoms in total. The van der Waals surface area contributed by atoms with E-state index in [2.05, 4.69) is 15.6 Å². The first-order chi connectivity index (χ1) is 8.52. The summed E-state index contributed by atoms with van der Waals surface area (Å²) in [5, 5.41) is 5.72. The number of pyridine rings is 1. The van der Waals surface area contributed by atoms with Crippen LogP contribution >= 0.6 is 11.6 Å². The van der Waals surface area contributed by atoms with Gasteiger partial charge >= 0.3 is 0 Å². The molecule has 1 heterocycles. The number of anilines is 1. The van der Waals surface area contributed by atoms with Gasteiger partial charge in [0.2, 0.25) is 5.91 Å². The molecule has 0 fully saturated rings. The maximum Gasteiger partial charge on any atom is 0.251 e. The molecule has 7 heteroatoms. The summed E-state index contributed by atoms with van der Waals surface area (Å²) in [6.07, 6.45) is 0.762. The second-order valence-electron chi connectivity index (χ2n) is 3.64. The predicted molar refractivity (Wildman–Crippen MR) is 69.6 cm³/mol. The highest BCUT2D eigenvalue weighted by atomic mass is 35.5. The zero-order chi connectivity index (χ0) is 13.5. The monoisotopic (exact) mass is 270 g/mol. The Kier molecular flexibility index (Phi) is 5.38. The molecule has 0 bridgehead atoms. The van der Waals surface area contributed by atoms with Crippen LogP contribution in [0.5, 0.6) is 0 Å². The zero-order valence-electron chi connectivity index (χ0n) is 10.00. The van der Waals surface area contributed by atoms with Crippen molar-refractivity contribution in [3.63, 3.8) is 0 Å². The summed E-state index contributed by atoms with van der Waals surface area (Å²) in [6, 6.07) is 3.07. The van der Waals surface area contributed by atoms with Crippen molar-refractivity contribution in [2.24, 2.45) is 5.73 Å². The van der Waals surface area contributed by atoms with Crippen LogP contribution in [0.15, 0.2) is 12.1 Å². The summed E-state index contributed by atoms with van der Waals surface area (Å²) in [5.41, 5.74) is 5.41. The number of nitrogens with zero attached hydrogens (tertiary/aromatic N) is 1. The molecule has 0 saturated carbocycles. The van der Waals surface area contributed by atoms with Crippen LogP contribution in [-0.4, -0.2) is 30.4 Å². The van der Waals surface area contributed by atoms with Crippen molar-refractivity contribution < 1.29 is 9.59 Å². The van der Waals surface area contributed by atoms with Gasteiger partial charge in [0.1, 0.15) is 11.0 Å². The molecule has 1 aromatic rings. The lowest BCUT2D eigenvalue weighted by Crippen LogP contribution is -2.25. The Labute approximate surface area is 110 Å². The van der Waals surface area contributed by atoms with Gasteiger partial charge in [0.15, 0.2) is 0 Å². The van der Waals surface area contributed by atoms with Gasteiger partial charge < -0.3 is 16.4 Å².